The Labute approximate surface area is 318 Å². The summed E-state index contributed by atoms with van der Waals surface area (Å²) in [6.45, 7) is 0. The van der Waals surface area contributed by atoms with Crippen LogP contribution in [-0.4, -0.2) is 0 Å². The van der Waals surface area contributed by atoms with Crippen molar-refractivity contribution in [3.05, 3.63) is 216 Å². The molecule has 0 heteroatoms. The first-order chi connectivity index (χ1) is 27.3. The van der Waals surface area contributed by atoms with Gasteiger partial charge in [-0.1, -0.05) is 170 Å². The average Bonchev–Trinajstić information content (AvgIpc) is 3.72. The van der Waals surface area contributed by atoms with E-state index in [0.717, 1.165) is 0 Å². The van der Waals surface area contributed by atoms with Crippen LogP contribution in [0.1, 0.15) is 22.3 Å². The van der Waals surface area contributed by atoms with E-state index in [-0.39, 0.29) is 0 Å². The van der Waals surface area contributed by atoms with Gasteiger partial charge >= 0.3 is 0 Å². The molecule has 0 atom stereocenters. The fraction of sp³-hybridized carbons (Fsp3) is 0.0182. The first-order valence-electron chi connectivity index (χ1n) is 19.3. The Hall–Kier alpha value is -7.02. The van der Waals surface area contributed by atoms with Crippen LogP contribution in [0.3, 0.4) is 0 Å². The van der Waals surface area contributed by atoms with Gasteiger partial charge in [-0.05, 0) is 145 Å². The Balaban J connectivity index is 1.15. The molecule has 0 saturated heterocycles. The fourth-order valence-electron chi connectivity index (χ4n) is 10.8. The van der Waals surface area contributed by atoms with Crippen molar-refractivity contribution >= 4 is 64.6 Å². The van der Waals surface area contributed by atoms with E-state index in [2.05, 4.69) is 194 Å². The first kappa shape index (κ1) is 29.4. The summed E-state index contributed by atoms with van der Waals surface area (Å²) in [6, 6.07) is 73.4. The van der Waals surface area contributed by atoms with Crippen molar-refractivity contribution in [3.8, 4) is 33.4 Å². The molecule has 1 spiro atoms. The van der Waals surface area contributed by atoms with Crippen molar-refractivity contribution in [2.45, 2.75) is 5.41 Å². The average molecular weight is 693 g/mol. The maximum Gasteiger partial charge on any atom is 0.0731 e. The minimum absolute atomic E-state index is 0.456. The smallest absolute Gasteiger partial charge is 0.0619 e. The standard InChI is InChI=1S/C55H32/c1-2-14-38-33(13-1)25-28-36-31-47(41-17-4-6-20-44(41)52(36)38)35-27-26-34-30-48-51(32-37(34)29-35)55(49-23-11-9-18-42(49)43-19-10-12-24-50(43)55)54-46-22-8-5-16-40(46)39-15-3-7-21-45(39)53(48)54/h1-32H. The number of fused-ring (bicyclic) bond motifs is 21. The Kier molecular flexibility index (Phi) is 5.65. The second kappa shape index (κ2) is 10.6. The zero-order valence-corrected chi connectivity index (χ0v) is 30.0. The van der Waals surface area contributed by atoms with Crippen LogP contribution in [0.4, 0.5) is 0 Å². The van der Waals surface area contributed by atoms with E-state index in [4.69, 9.17) is 0 Å². The second-order valence-corrected chi connectivity index (χ2v) is 15.5. The lowest BCUT2D eigenvalue weighted by atomic mass is 9.69. The van der Waals surface area contributed by atoms with E-state index in [1.165, 1.54) is 120 Å². The summed E-state index contributed by atoms with van der Waals surface area (Å²) in [7, 11) is 0. The molecule has 0 N–H and O–H groups in total. The maximum absolute atomic E-state index is 2.55. The molecule has 0 nitrogen and oxygen atoms in total. The molecule has 0 aliphatic heterocycles. The highest BCUT2D eigenvalue weighted by Gasteiger charge is 2.53. The van der Waals surface area contributed by atoms with Crippen molar-refractivity contribution in [1.29, 1.82) is 0 Å². The summed E-state index contributed by atoms with van der Waals surface area (Å²) in [5.74, 6) is 0. The van der Waals surface area contributed by atoms with Gasteiger partial charge in [0.1, 0.15) is 0 Å². The minimum Gasteiger partial charge on any atom is -0.0619 e. The number of hydrogen-bond donors (Lipinski definition) is 0. The van der Waals surface area contributed by atoms with Gasteiger partial charge in [-0.15, -0.1) is 0 Å². The van der Waals surface area contributed by atoms with Crippen LogP contribution in [0.5, 0.6) is 0 Å². The highest BCUT2D eigenvalue weighted by atomic mass is 14.5. The molecule has 0 radical (unpaired) electrons. The predicted octanol–water partition coefficient (Wildman–Crippen LogP) is 14.6. The molecule has 0 bridgehead atoms. The molecule has 0 fully saturated rings. The Morgan fingerprint density at radius 2 is 0.818 bits per heavy atom. The van der Waals surface area contributed by atoms with E-state index in [0.29, 0.717) is 0 Å². The van der Waals surface area contributed by atoms with Crippen molar-refractivity contribution in [3.63, 3.8) is 0 Å². The first-order valence-corrected chi connectivity index (χ1v) is 19.3. The van der Waals surface area contributed by atoms with Crippen LogP contribution in [0, 0.1) is 0 Å². The number of hydrogen-bond acceptors (Lipinski definition) is 0. The van der Waals surface area contributed by atoms with E-state index in [1.807, 2.05) is 0 Å². The summed E-state index contributed by atoms with van der Waals surface area (Å²) in [5.41, 5.74) is 13.0. The van der Waals surface area contributed by atoms with Gasteiger partial charge in [0.25, 0.3) is 0 Å². The SMILES string of the molecule is c1ccc2c(c1)-c1ccccc1C21c2cc3cc(-c4cc5ccc6ccccc6c5c5ccccc45)ccc3cc2-c2c1c1ccccc1c1ccccc21. The molecule has 252 valence electrons. The lowest BCUT2D eigenvalue weighted by Crippen LogP contribution is -2.26. The molecule has 2 aliphatic carbocycles. The van der Waals surface area contributed by atoms with Gasteiger partial charge in [0, 0.05) is 0 Å². The molecule has 0 saturated carbocycles. The van der Waals surface area contributed by atoms with E-state index in [1.54, 1.807) is 0 Å². The maximum atomic E-state index is 2.55. The minimum atomic E-state index is -0.456. The third kappa shape index (κ3) is 3.67. The largest absolute Gasteiger partial charge is 0.0731 e. The molecular formula is C55H32. The Morgan fingerprint density at radius 3 is 1.58 bits per heavy atom. The van der Waals surface area contributed by atoms with Crippen LogP contribution in [0.15, 0.2) is 194 Å². The summed E-state index contributed by atoms with van der Waals surface area (Å²) >= 11 is 0. The van der Waals surface area contributed by atoms with Crippen molar-refractivity contribution in [1.82, 2.24) is 0 Å². The quantitative estimate of drug-likeness (QED) is 0.150. The lowest BCUT2D eigenvalue weighted by molar-refractivity contribution is 0.803. The van der Waals surface area contributed by atoms with E-state index < -0.39 is 5.41 Å². The summed E-state index contributed by atoms with van der Waals surface area (Å²) in [4.78, 5) is 0. The third-order valence-electron chi connectivity index (χ3n) is 13.0. The van der Waals surface area contributed by atoms with Gasteiger partial charge in [-0.25, -0.2) is 0 Å². The Morgan fingerprint density at radius 1 is 0.273 bits per heavy atom. The Bertz CT molecular complexity index is 3440. The number of rotatable bonds is 1. The topological polar surface area (TPSA) is 0 Å². The van der Waals surface area contributed by atoms with Gasteiger partial charge in [0.2, 0.25) is 0 Å². The number of benzene rings is 11. The van der Waals surface area contributed by atoms with Crippen LogP contribution in [0.2, 0.25) is 0 Å². The van der Waals surface area contributed by atoms with Gasteiger partial charge < -0.3 is 0 Å². The zero-order valence-electron chi connectivity index (χ0n) is 30.0. The third-order valence-corrected chi connectivity index (χ3v) is 13.0. The van der Waals surface area contributed by atoms with Crippen molar-refractivity contribution in [2.24, 2.45) is 0 Å². The lowest BCUT2D eigenvalue weighted by Gasteiger charge is -2.32. The molecule has 0 unspecified atom stereocenters. The van der Waals surface area contributed by atoms with Crippen LogP contribution in [-0.2, 0) is 5.41 Å². The normalized spacial score (nSPS) is 13.6. The fourth-order valence-corrected chi connectivity index (χ4v) is 10.8. The molecule has 0 heterocycles. The molecule has 11 aromatic carbocycles. The summed E-state index contributed by atoms with van der Waals surface area (Å²) in [5, 5.41) is 15.6. The van der Waals surface area contributed by atoms with Crippen LogP contribution < -0.4 is 0 Å². The van der Waals surface area contributed by atoms with Crippen molar-refractivity contribution in [2.75, 3.05) is 0 Å². The van der Waals surface area contributed by atoms with E-state index in [9.17, 15) is 0 Å². The molecule has 0 amide bonds. The van der Waals surface area contributed by atoms with Gasteiger partial charge in [0.15, 0.2) is 0 Å². The van der Waals surface area contributed by atoms with Gasteiger partial charge in [-0.3, -0.25) is 0 Å². The van der Waals surface area contributed by atoms with Crippen LogP contribution in [0.25, 0.3) is 98.0 Å². The highest BCUT2D eigenvalue weighted by Crippen LogP contribution is 2.65. The monoisotopic (exact) mass is 692 g/mol. The predicted molar refractivity (Wildman–Crippen MR) is 233 cm³/mol. The molecule has 11 aromatic rings. The molecule has 0 aromatic heterocycles. The molecular weight excluding hydrogens is 661 g/mol. The summed E-state index contributed by atoms with van der Waals surface area (Å²) in [6.07, 6.45) is 0. The second-order valence-electron chi connectivity index (χ2n) is 15.5. The molecule has 13 rings (SSSR count). The van der Waals surface area contributed by atoms with Crippen LogP contribution >= 0.6 is 0 Å². The van der Waals surface area contributed by atoms with Gasteiger partial charge in [0.05, 0.1) is 5.41 Å². The van der Waals surface area contributed by atoms with E-state index >= 15 is 0 Å². The molecule has 55 heavy (non-hydrogen) atoms. The van der Waals surface area contributed by atoms with Gasteiger partial charge in [-0.2, -0.15) is 0 Å². The zero-order chi connectivity index (χ0) is 35.8. The van der Waals surface area contributed by atoms with Crippen molar-refractivity contribution < 1.29 is 0 Å². The summed E-state index contributed by atoms with van der Waals surface area (Å²) < 4.78 is 0. The molecule has 2 aliphatic rings. The highest BCUT2D eigenvalue weighted by molar-refractivity contribution is 6.24.